The molecule has 0 fully saturated rings. The van der Waals surface area contributed by atoms with Gasteiger partial charge in [0.1, 0.15) is 5.52 Å². The van der Waals surface area contributed by atoms with Crippen LogP contribution in [0.4, 0.5) is 11.4 Å². The van der Waals surface area contributed by atoms with E-state index in [1.807, 2.05) is 57.2 Å². The Morgan fingerprint density at radius 3 is 2.64 bits per heavy atom. The molecule has 0 aliphatic carbocycles. The van der Waals surface area contributed by atoms with Gasteiger partial charge < -0.3 is 19.6 Å². The van der Waals surface area contributed by atoms with Gasteiger partial charge in [0.25, 0.3) is 0 Å². The largest absolute Gasteiger partial charge is 0.481 e. The van der Waals surface area contributed by atoms with Crippen molar-refractivity contribution in [3.8, 4) is 17.1 Å². The molecule has 4 aromatic rings. The molecule has 170 valence electrons. The third-order valence-corrected chi connectivity index (χ3v) is 5.42. The van der Waals surface area contributed by atoms with Gasteiger partial charge in [-0.2, -0.15) is 0 Å². The number of fused-ring (bicyclic) bond motifs is 1. The van der Waals surface area contributed by atoms with Gasteiger partial charge in [0.2, 0.25) is 0 Å². The summed E-state index contributed by atoms with van der Waals surface area (Å²) in [5.74, 6) is -0.290. The maximum absolute atomic E-state index is 11.4. The van der Waals surface area contributed by atoms with E-state index >= 15 is 0 Å². The van der Waals surface area contributed by atoms with Gasteiger partial charge in [-0.05, 0) is 48.6 Å². The highest BCUT2D eigenvalue weighted by Gasteiger charge is 2.17. The minimum Gasteiger partial charge on any atom is -0.481 e. The van der Waals surface area contributed by atoms with E-state index in [1.165, 1.54) is 0 Å². The second-order valence-corrected chi connectivity index (χ2v) is 7.74. The summed E-state index contributed by atoms with van der Waals surface area (Å²) in [4.78, 5) is 24.2. The van der Waals surface area contributed by atoms with E-state index in [4.69, 9.17) is 9.15 Å². The van der Waals surface area contributed by atoms with Crippen molar-refractivity contribution < 1.29 is 19.1 Å². The molecular weight excluding hydrogens is 420 g/mol. The summed E-state index contributed by atoms with van der Waals surface area (Å²) < 4.78 is 11.0. The average molecular weight is 447 g/mol. The van der Waals surface area contributed by atoms with Gasteiger partial charge >= 0.3 is 12.0 Å². The van der Waals surface area contributed by atoms with Crippen LogP contribution in [0.3, 0.4) is 0 Å². The number of aromatic nitrogens is 3. The van der Waals surface area contributed by atoms with Crippen LogP contribution in [0.2, 0.25) is 0 Å². The predicted molar refractivity (Wildman–Crippen MR) is 126 cm³/mol. The molecule has 0 aliphatic rings. The first-order valence-electron chi connectivity index (χ1n) is 10.9. The van der Waals surface area contributed by atoms with Gasteiger partial charge in [-0.1, -0.05) is 25.1 Å². The second-order valence-electron chi connectivity index (χ2n) is 7.74. The predicted octanol–water partition coefficient (Wildman–Crippen LogP) is 5.70. The summed E-state index contributed by atoms with van der Waals surface area (Å²) in [7, 11) is 0. The second kappa shape index (κ2) is 9.68. The maximum Gasteiger partial charge on any atom is 0.316 e. The first kappa shape index (κ1) is 22.3. The fraction of sp³-hybridized carbons (Fsp3) is 0.280. The minimum atomic E-state index is -0.813. The third-order valence-electron chi connectivity index (χ3n) is 5.42. The number of oxazole rings is 1. The van der Waals surface area contributed by atoms with Crippen LogP contribution >= 0.6 is 0 Å². The molecule has 2 aromatic heterocycles. The summed E-state index contributed by atoms with van der Waals surface area (Å²) in [5.41, 5.74) is 5.87. The Kier molecular flexibility index (Phi) is 6.53. The Hall–Kier alpha value is -3.94. The van der Waals surface area contributed by atoms with Crippen LogP contribution in [0.25, 0.3) is 22.2 Å². The van der Waals surface area contributed by atoms with Crippen molar-refractivity contribution in [2.45, 2.75) is 39.5 Å². The van der Waals surface area contributed by atoms with Crippen LogP contribution in [0.1, 0.15) is 44.1 Å². The van der Waals surface area contributed by atoms with Gasteiger partial charge in [-0.15, -0.1) is 0 Å². The number of carboxylic acid groups (broad SMARTS) is 1. The Morgan fingerprint density at radius 1 is 1.15 bits per heavy atom. The SMILES string of the molecule is CCOc1ncc(Nc2cc([C@H](CC)CC(=O)O)ccc2-c2ccc3nc(C)oc3c2)cn1. The lowest BCUT2D eigenvalue weighted by Gasteiger charge is -2.18. The monoisotopic (exact) mass is 446 g/mol. The molecule has 0 saturated carbocycles. The van der Waals surface area contributed by atoms with E-state index in [1.54, 1.807) is 12.4 Å². The fourth-order valence-electron chi connectivity index (χ4n) is 3.83. The van der Waals surface area contributed by atoms with Crippen LogP contribution in [-0.2, 0) is 4.79 Å². The average Bonchev–Trinajstić information content (AvgIpc) is 3.18. The molecular formula is C25H26N4O4. The molecule has 0 bridgehead atoms. The van der Waals surface area contributed by atoms with Crippen LogP contribution in [0.5, 0.6) is 6.01 Å². The van der Waals surface area contributed by atoms with E-state index in [9.17, 15) is 9.90 Å². The number of aliphatic carboxylic acids is 1. The van der Waals surface area contributed by atoms with Gasteiger partial charge in [0.15, 0.2) is 11.5 Å². The zero-order chi connectivity index (χ0) is 23.4. The Labute approximate surface area is 191 Å². The lowest BCUT2D eigenvalue weighted by Crippen LogP contribution is -2.06. The van der Waals surface area contributed by atoms with Gasteiger partial charge in [-0.3, -0.25) is 4.79 Å². The standard InChI is InChI=1S/C25H26N4O4/c1-4-16(12-24(30)31)17-6-8-20(18-7-9-21-23(11-18)33-15(3)28-21)22(10-17)29-19-13-26-25(27-14-19)32-5-2/h6-11,13-14,16,29H,4-5,12H2,1-3H3,(H,30,31)/t16-/m1/s1. The van der Waals surface area contributed by atoms with E-state index in [2.05, 4.69) is 20.3 Å². The van der Waals surface area contributed by atoms with E-state index in [0.717, 1.165) is 34.3 Å². The highest BCUT2D eigenvalue weighted by molar-refractivity contribution is 5.87. The molecule has 2 N–H and O–H groups in total. The number of nitrogens with zero attached hydrogens (tertiary/aromatic N) is 3. The molecule has 2 heterocycles. The first-order valence-corrected chi connectivity index (χ1v) is 10.9. The van der Waals surface area contributed by atoms with Gasteiger partial charge in [0, 0.05) is 18.2 Å². The van der Waals surface area contributed by atoms with Crippen LogP contribution in [0.15, 0.2) is 53.2 Å². The number of rotatable bonds is 9. The molecule has 2 aromatic carbocycles. The highest BCUT2D eigenvalue weighted by atomic mass is 16.5. The number of carboxylic acids is 1. The number of hydrogen-bond acceptors (Lipinski definition) is 7. The third kappa shape index (κ3) is 5.11. The topological polar surface area (TPSA) is 110 Å². The van der Waals surface area contributed by atoms with Crippen LogP contribution < -0.4 is 10.1 Å². The van der Waals surface area contributed by atoms with E-state index in [-0.39, 0.29) is 12.3 Å². The summed E-state index contributed by atoms with van der Waals surface area (Å²) in [6.07, 6.45) is 4.11. The summed E-state index contributed by atoms with van der Waals surface area (Å²) in [6.45, 7) is 6.18. The summed E-state index contributed by atoms with van der Waals surface area (Å²) >= 11 is 0. The van der Waals surface area contributed by atoms with Crippen molar-refractivity contribution in [3.05, 3.63) is 60.2 Å². The van der Waals surface area contributed by atoms with E-state index < -0.39 is 5.97 Å². The lowest BCUT2D eigenvalue weighted by molar-refractivity contribution is -0.137. The molecule has 8 nitrogen and oxygen atoms in total. The van der Waals surface area contributed by atoms with Gasteiger partial charge in [-0.25, -0.2) is 15.0 Å². The quantitative estimate of drug-likeness (QED) is 0.337. The molecule has 0 amide bonds. The van der Waals surface area contributed by atoms with Crippen molar-refractivity contribution in [1.29, 1.82) is 0 Å². The fourth-order valence-corrected chi connectivity index (χ4v) is 3.83. The van der Waals surface area contributed by atoms with Gasteiger partial charge in [0.05, 0.1) is 31.1 Å². The normalized spacial score (nSPS) is 12.0. The van der Waals surface area contributed by atoms with Crippen molar-refractivity contribution in [2.75, 3.05) is 11.9 Å². The van der Waals surface area contributed by atoms with Crippen LogP contribution in [-0.4, -0.2) is 32.6 Å². The summed E-state index contributed by atoms with van der Waals surface area (Å²) in [5, 5.41) is 12.7. The lowest BCUT2D eigenvalue weighted by atomic mass is 9.90. The molecule has 0 radical (unpaired) electrons. The van der Waals surface area contributed by atoms with Crippen molar-refractivity contribution in [3.63, 3.8) is 0 Å². The molecule has 0 aliphatic heterocycles. The number of ether oxygens (including phenoxy) is 1. The molecule has 0 unspecified atom stereocenters. The number of hydrogen-bond donors (Lipinski definition) is 2. The molecule has 0 spiro atoms. The molecule has 0 saturated heterocycles. The van der Waals surface area contributed by atoms with Crippen molar-refractivity contribution in [2.24, 2.45) is 0 Å². The number of nitrogens with one attached hydrogen (secondary N) is 1. The first-order chi connectivity index (χ1) is 16.0. The van der Waals surface area contributed by atoms with E-state index in [0.29, 0.717) is 29.8 Å². The van der Waals surface area contributed by atoms with Crippen LogP contribution in [0, 0.1) is 6.92 Å². The summed E-state index contributed by atoms with van der Waals surface area (Å²) in [6, 6.07) is 12.2. The smallest absolute Gasteiger partial charge is 0.316 e. The molecule has 33 heavy (non-hydrogen) atoms. The van der Waals surface area contributed by atoms with Crippen molar-refractivity contribution >= 4 is 28.4 Å². The number of carbonyl (C=O) groups is 1. The molecule has 4 rings (SSSR count). The molecule has 1 atom stereocenters. The Balaban J connectivity index is 1.76. The number of benzene rings is 2. The number of anilines is 2. The Bertz CT molecular complexity index is 1270. The highest BCUT2D eigenvalue weighted by Crippen LogP contribution is 2.36. The zero-order valence-corrected chi connectivity index (χ0v) is 18.8. The minimum absolute atomic E-state index is 0.0742. The number of aryl methyl sites for hydroxylation is 1. The maximum atomic E-state index is 11.4. The molecule has 8 heteroatoms. The Morgan fingerprint density at radius 2 is 1.94 bits per heavy atom. The van der Waals surface area contributed by atoms with Crippen molar-refractivity contribution in [1.82, 2.24) is 15.0 Å². The zero-order valence-electron chi connectivity index (χ0n) is 18.8.